The fourth-order valence-electron chi connectivity index (χ4n) is 0.304. The first-order valence-corrected chi connectivity index (χ1v) is 2.78. The summed E-state index contributed by atoms with van der Waals surface area (Å²) in [7, 11) is -2.66. The summed E-state index contributed by atoms with van der Waals surface area (Å²) in [5, 5.41) is 0. The average Bonchev–Trinajstić information content (AvgIpc) is 1.96. The lowest BCUT2D eigenvalue weighted by atomic mass is 10.7. The predicted molar refractivity (Wildman–Crippen MR) is 36.3 cm³/mol. The van der Waals surface area contributed by atoms with Crippen LogP contribution in [0.3, 0.4) is 0 Å². The molecule has 0 spiro atoms. The van der Waals surface area contributed by atoms with Crippen LogP contribution in [0.4, 0.5) is 0 Å². The lowest BCUT2D eigenvalue weighted by molar-refractivity contribution is 0.379. The van der Waals surface area contributed by atoms with Crippen LogP contribution in [0.25, 0.3) is 0 Å². The second-order valence-electron chi connectivity index (χ2n) is 1.14. The Morgan fingerprint density at radius 1 is 2.00 bits per heavy atom. The molecule has 0 aliphatic carbocycles. The summed E-state index contributed by atoms with van der Waals surface area (Å²) < 4.78 is 39.1. The van der Waals surface area contributed by atoms with Crippen LogP contribution in [0.5, 0.6) is 6.01 Å². The van der Waals surface area contributed by atoms with Gasteiger partial charge < -0.3 is 4.74 Å². The Kier molecular flexibility index (Phi) is 0.782. The maximum atomic E-state index is 7.22. The van der Waals surface area contributed by atoms with E-state index in [1.807, 2.05) is 0 Å². The maximum absolute atomic E-state index is 7.22. The molecule has 0 unspecified atom stereocenters. The third-order valence-corrected chi connectivity index (χ3v) is 0.971. The van der Waals surface area contributed by atoms with E-state index in [9.17, 15) is 0 Å². The van der Waals surface area contributed by atoms with Crippen molar-refractivity contribution in [2.75, 3.05) is 7.04 Å². The molecule has 0 saturated heterocycles. The number of rotatable bonds is 1. The van der Waals surface area contributed by atoms with E-state index in [0.29, 0.717) is 0 Å². The zero-order valence-electron chi connectivity index (χ0n) is 9.18. The summed E-state index contributed by atoms with van der Waals surface area (Å²) in [4.78, 5) is 6.91. The Hall–Kier alpha value is -0.640. The first kappa shape index (κ1) is 2.54. The van der Waals surface area contributed by atoms with E-state index < -0.39 is 19.2 Å². The van der Waals surface area contributed by atoms with Crippen LogP contribution in [0.2, 0.25) is 0 Å². The molecule has 0 fully saturated rings. The van der Waals surface area contributed by atoms with E-state index in [-0.39, 0.29) is 10.6 Å². The highest BCUT2D eigenvalue weighted by Crippen LogP contribution is 2.07. The van der Waals surface area contributed by atoms with Gasteiger partial charge in [0.25, 0.3) is 0 Å². The predicted octanol–water partition coefficient (Wildman–Crippen LogP) is 1.25. The Morgan fingerprint density at radius 3 is 3.56 bits per heavy atom. The zero-order valence-corrected chi connectivity index (χ0v) is 5.77. The molecule has 0 aliphatic heterocycles. The van der Waals surface area contributed by atoms with Crippen LogP contribution in [-0.2, 0) is 0 Å². The van der Waals surface area contributed by atoms with Gasteiger partial charge in [0.05, 0.1) is 13.9 Å². The Balaban J connectivity index is 3.02. The zero-order chi connectivity index (χ0) is 10.9. The topological polar surface area (TPSA) is 35.0 Å². The average molecular weight is 194 g/mol. The number of hydrogen-bond donors (Lipinski definition) is 0. The summed E-state index contributed by atoms with van der Waals surface area (Å²) in [6.07, 6.45) is -0.397. The highest BCUT2D eigenvalue weighted by Gasteiger charge is 1.91. The smallest absolute Gasteiger partial charge is 0.317 e. The molecular formula is C5H5BrN2O. The van der Waals surface area contributed by atoms with Gasteiger partial charge in [0, 0.05) is 6.17 Å². The fourth-order valence-corrected chi connectivity index (χ4v) is 0.545. The quantitative estimate of drug-likeness (QED) is 0.631. The van der Waals surface area contributed by atoms with Gasteiger partial charge in [0.15, 0.2) is 0 Å². The first-order valence-electron chi connectivity index (χ1n) is 4.49. The molecule has 0 aliphatic rings. The van der Waals surface area contributed by atoms with Gasteiger partial charge in [-0.2, -0.15) is 4.98 Å². The number of hydrogen-bond acceptors (Lipinski definition) is 3. The van der Waals surface area contributed by atoms with Gasteiger partial charge >= 0.3 is 6.01 Å². The van der Waals surface area contributed by atoms with Crippen LogP contribution in [-0.4, -0.2) is 17.0 Å². The molecule has 1 aromatic heterocycles. The first-order chi connectivity index (χ1) is 6.29. The van der Waals surface area contributed by atoms with Crippen molar-refractivity contribution in [3.8, 4) is 6.01 Å². The minimum absolute atomic E-state index is 0.0248. The number of halogens is 1. The third-order valence-electron chi connectivity index (χ3n) is 0.596. The molecule has 48 valence electrons. The number of ether oxygens (including phenoxy) is 1. The van der Waals surface area contributed by atoms with Crippen molar-refractivity contribution in [3.63, 3.8) is 0 Å². The van der Waals surface area contributed by atoms with Gasteiger partial charge in [-0.3, -0.25) is 0 Å². The molecule has 1 aromatic rings. The van der Waals surface area contributed by atoms with Crippen molar-refractivity contribution < 1.29 is 11.6 Å². The summed E-state index contributed by atoms with van der Waals surface area (Å²) in [5.41, 5.74) is 0. The molecule has 9 heavy (non-hydrogen) atoms. The van der Waals surface area contributed by atoms with E-state index in [1.54, 1.807) is 0 Å². The van der Waals surface area contributed by atoms with E-state index in [0.717, 1.165) is 0 Å². The van der Waals surface area contributed by atoms with Crippen molar-refractivity contribution in [3.05, 3.63) is 16.8 Å². The maximum Gasteiger partial charge on any atom is 0.317 e. The van der Waals surface area contributed by atoms with Gasteiger partial charge in [-0.1, -0.05) is 0 Å². The van der Waals surface area contributed by atoms with E-state index in [4.69, 9.17) is 6.85 Å². The van der Waals surface area contributed by atoms with Crippen LogP contribution in [0, 0.1) is 0 Å². The standard InChI is InChI=1S/C5H5BrN2O/c1-9-5-7-3-2-4(6)8-5/h2-3H,1H3/i1D3,2D,3D. The largest absolute Gasteiger partial charge is 0.467 e. The summed E-state index contributed by atoms with van der Waals surface area (Å²) in [6, 6.07) is -0.666. The SMILES string of the molecule is [2H]c1nc(OC([2H])([2H])[2H])nc(Br)c1[2H]. The van der Waals surface area contributed by atoms with Gasteiger partial charge in [-0.15, -0.1) is 0 Å². The highest BCUT2D eigenvalue weighted by atomic mass is 79.9. The normalized spacial score (nSPS) is 18.6. The molecule has 0 saturated carbocycles. The lowest BCUT2D eigenvalue weighted by Crippen LogP contribution is -1.89. The Bertz CT molecular complexity index is 331. The van der Waals surface area contributed by atoms with Crippen molar-refractivity contribution in [2.45, 2.75) is 0 Å². The van der Waals surface area contributed by atoms with Gasteiger partial charge in [-0.25, -0.2) is 4.98 Å². The van der Waals surface area contributed by atoms with Gasteiger partial charge in [0.1, 0.15) is 4.60 Å². The van der Waals surface area contributed by atoms with Gasteiger partial charge in [0.2, 0.25) is 0 Å². The molecule has 0 aromatic carbocycles. The molecule has 0 radical (unpaired) electrons. The van der Waals surface area contributed by atoms with Gasteiger partial charge in [-0.05, 0) is 22.0 Å². The molecule has 0 bridgehead atoms. The summed E-state index contributed by atoms with van der Waals surface area (Å²) in [6.45, 7) is 0. The number of methoxy groups -OCH3 is 1. The molecule has 1 heterocycles. The molecule has 0 N–H and O–H groups in total. The highest BCUT2D eigenvalue weighted by molar-refractivity contribution is 9.10. The minimum Gasteiger partial charge on any atom is -0.467 e. The van der Waals surface area contributed by atoms with E-state index >= 15 is 0 Å². The van der Waals surface area contributed by atoms with Crippen molar-refractivity contribution >= 4 is 15.9 Å². The molecule has 4 heteroatoms. The molecule has 3 nitrogen and oxygen atoms in total. The lowest BCUT2D eigenvalue weighted by Gasteiger charge is -1.94. The van der Waals surface area contributed by atoms with Crippen LogP contribution < -0.4 is 4.74 Å². The second-order valence-corrected chi connectivity index (χ2v) is 1.89. The Morgan fingerprint density at radius 2 is 2.89 bits per heavy atom. The molecule has 0 atom stereocenters. The monoisotopic (exact) mass is 193 g/mol. The Labute approximate surface area is 68.2 Å². The molecule has 0 amide bonds. The molecule has 1 rings (SSSR count). The summed E-state index contributed by atoms with van der Waals surface area (Å²) in [5.74, 6) is 0. The second kappa shape index (κ2) is 2.77. The van der Waals surface area contributed by atoms with Crippen molar-refractivity contribution in [1.82, 2.24) is 9.97 Å². The van der Waals surface area contributed by atoms with Crippen molar-refractivity contribution in [2.24, 2.45) is 0 Å². The van der Waals surface area contributed by atoms with E-state index in [1.165, 1.54) is 0 Å². The number of aromatic nitrogens is 2. The van der Waals surface area contributed by atoms with Crippen LogP contribution in [0.15, 0.2) is 16.8 Å². The fraction of sp³-hybridized carbons (Fsp3) is 0.200. The third kappa shape index (κ3) is 1.64. The van der Waals surface area contributed by atoms with Crippen LogP contribution in [0.1, 0.15) is 6.85 Å². The van der Waals surface area contributed by atoms with E-state index in [2.05, 4.69) is 30.6 Å². The van der Waals surface area contributed by atoms with Crippen LogP contribution >= 0.6 is 15.9 Å². The minimum atomic E-state index is -2.66. The summed E-state index contributed by atoms with van der Waals surface area (Å²) >= 11 is 2.88. The number of nitrogens with zero attached hydrogens (tertiary/aromatic N) is 2. The van der Waals surface area contributed by atoms with Crippen molar-refractivity contribution in [1.29, 1.82) is 0 Å². The molecular weight excluding hydrogens is 184 g/mol.